The third-order valence-electron chi connectivity index (χ3n) is 5.54. The summed E-state index contributed by atoms with van der Waals surface area (Å²) in [6, 6.07) is 8.40. The van der Waals surface area contributed by atoms with E-state index in [1.807, 2.05) is 12.1 Å². The minimum atomic E-state index is 0.299. The first-order valence-corrected chi connectivity index (χ1v) is 9.85. The molecule has 1 fully saturated rings. The molecule has 0 aliphatic heterocycles. The molecule has 1 aromatic carbocycles. The van der Waals surface area contributed by atoms with Gasteiger partial charge in [0.05, 0.1) is 0 Å². The van der Waals surface area contributed by atoms with E-state index in [9.17, 15) is 4.79 Å². The molecule has 0 heterocycles. The molecule has 0 saturated heterocycles. The minimum Gasteiger partial charge on any atom is -0.294 e. The van der Waals surface area contributed by atoms with Gasteiger partial charge in [0.15, 0.2) is 5.78 Å². The van der Waals surface area contributed by atoms with Gasteiger partial charge in [-0.1, -0.05) is 83.1 Å². The molecule has 2 rings (SSSR count). The van der Waals surface area contributed by atoms with Gasteiger partial charge in [-0.2, -0.15) is 0 Å². The lowest BCUT2D eigenvalue weighted by Crippen LogP contribution is -2.15. The van der Waals surface area contributed by atoms with Crippen LogP contribution in [0.4, 0.5) is 0 Å². The summed E-state index contributed by atoms with van der Waals surface area (Å²) in [5.41, 5.74) is 2.29. The van der Waals surface area contributed by atoms with E-state index in [0.29, 0.717) is 12.2 Å². The van der Waals surface area contributed by atoms with Crippen LogP contribution in [0.25, 0.3) is 0 Å². The Bertz CT molecular complexity index is 451. The second kappa shape index (κ2) is 9.90. The molecule has 0 radical (unpaired) electrons. The SMILES string of the molecule is CCCCC(=O)c1ccc(CC[C@H]2CC[C@H](CCC)CC2)cc1. The highest BCUT2D eigenvalue weighted by Gasteiger charge is 2.20. The number of benzene rings is 1. The molecule has 1 nitrogen and oxygen atoms in total. The van der Waals surface area contributed by atoms with Crippen molar-refractivity contribution in [1.29, 1.82) is 0 Å². The van der Waals surface area contributed by atoms with Gasteiger partial charge in [0.2, 0.25) is 0 Å². The van der Waals surface area contributed by atoms with Gasteiger partial charge in [-0.3, -0.25) is 4.79 Å². The van der Waals surface area contributed by atoms with Crippen LogP contribution in [-0.4, -0.2) is 5.78 Å². The van der Waals surface area contributed by atoms with E-state index in [4.69, 9.17) is 0 Å². The lowest BCUT2D eigenvalue weighted by molar-refractivity contribution is 0.0980. The third kappa shape index (κ3) is 6.12. The highest BCUT2D eigenvalue weighted by Crippen LogP contribution is 2.33. The van der Waals surface area contributed by atoms with E-state index in [-0.39, 0.29) is 0 Å². The number of aryl methyl sites for hydroxylation is 1. The van der Waals surface area contributed by atoms with Crippen LogP contribution in [0.5, 0.6) is 0 Å². The number of ketones is 1. The standard InChI is InChI=1S/C22H34O/c1-3-5-7-22(23)21-16-14-20(15-17-21)13-12-19-10-8-18(6-4-2)9-11-19/h14-19H,3-13H2,1-2H3/t18-,19-. The number of unbranched alkanes of at least 4 members (excludes halogenated alkanes) is 1. The largest absolute Gasteiger partial charge is 0.294 e. The van der Waals surface area contributed by atoms with Crippen LogP contribution in [0, 0.1) is 11.8 Å². The summed E-state index contributed by atoms with van der Waals surface area (Å²) in [5.74, 6) is 2.23. The van der Waals surface area contributed by atoms with Crippen LogP contribution < -0.4 is 0 Å². The summed E-state index contributed by atoms with van der Waals surface area (Å²) in [4.78, 5) is 12.0. The summed E-state index contributed by atoms with van der Waals surface area (Å²) in [5, 5.41) is 0. The Balaban J connectivity index is 1.73. The minimum absolute atomic E-state index is 0.299. The summed E-state index contributed by atoms with van der Waals surface area (Å²) in [6.45, 7) is 4.44. The zero-order valence-corrected chi connectivity index (χ0v) is 15.2. The van der Waals surface area contributed by atoms with Crippen LogP contribution in [0.15, 0.2) is 24.3 Å². The lowest BCUT2D eigenvalue weighted by atomic mass is 9.78. The fraction of sp³-hybridized carbons (Fsp3) is 0.682. The van der Waals surface area contributed by atoms with Crippen molar-refractivity contribution in [3.63, 3.8) is 0 Å². The van der Waals surface area contributed by atoms with Crippen molar-refractivity contribution in [2.24, 2.45) is 11.8 Å². The predicted molar refractivity (Wildman–Crippen MR) is 99.0 cm³/mol. The van der Waals surface area contributed by atoms with Crippen LogP contribution in [0.2, 0.25) is 0 Å². The number of carbonyl (C=O) groups excluding carboxylic acids is 1. The molecule has 0 aromatic heterocycles. The molecular weight excluding hydrogens is 280 g/mol. The van der Waals surface area contributed by atoms with Crippen LogP contribution in [0.3, 0.4) is 0 Å². The van der Waals surface area contributed by atoms with Crippen LogP contribution in [0.1, 0.15) is 94.0 Å². The molecule has 0 spiro atoms. The van der Waals surface area contributed by atoms with Crippen molar-refractivity contribution in [2.75, 3.05) is 0 Å². The van der Waals surface area contributed by atoms with Crippen molar-refractivity contribution in [1.82, 2.24) is 0 Å². The maximum Gasteiger partial charge on any atom is 0.162 e. The molecule has 1 saturated carbocycles. The number of carbonyl (C=O) groups is 1. The second-order valence-corrected chi connectivity index (χ2v) is 7.44. The Kier molecular flexibility index (Phi) is 7.85. The van der Waals surface area contributed by atoms with E-state index in [2.05, 4.69) is 26.0 Å². The number of Topliss-reactive ketones (excluding diaryl/α,β-unsaturated/α-hetero) is 1. The molecular formula is C22H34O. The van der Waals surface area contributed by atoms with Gasteiger partial charge >= 0.3 is 0 Å². The molecule has 0 amide bonds. The van der Waals surface area contributed by atoms with Crippen molar-refractivity contribution < 1.29 is 4.79 Å². The van der Waals surface area contributed by atoms with Crippen molar-refractivity contribution >= 4 is 5.78 Å². The quantitative estimate of drug-likeness (QED) is 0.469. The normalized spacial score (nSPS) is 21.3. The van der Waals surface area contributed by atoms with E-state index in [0.717, 1.165) is 30.2 Å². The molecule has 1 aromatic rings. The van der Waals surface area contributed by atoms with Gasteiger partial charge in [0.1, 0.15) is 0 Å². The molecule has 23 heavy (non-hydrogen) atoms. The first-order valence-electron chi connectivity index (χ1n) is 9.85. The number of hydrogen-bond donors (Lipinski definition) is 0. The van der Waals surface area contributed by atoms with Crippen molar-refractivity contribution in [2.45, 2.75) is 84.5 Å². The molecule has 128 valence electrons. The topological polar surface area (TPSA) is 17.1 Å². The fourth-order valence-corrected chi connectivity index (χ4v) is 3.93. The van der Waals surface area contributed by atoms with E-state index in [1.165, 1.54) is 56.9 Å². The molecule has 1 heteroatoms. The highest BCUT2D eigenvalue weighted by molar-refractivity contribution is 5.96. The van der Waals surface area contributed by atoms with E-state index in [1.54, 1.807) is 0 Å². The van der Waals surface area contributed by atoms with Crippen LogP contribution >= 0.6 is 0 Å². The fourth-order valence-electron chi connectivity index (χ4n) is 3.93. The Morgan fingerprint density at radius 1 is 0.913 bits per heavy atom. The molecule has 0 bridgehead atoms. The maximum absolute atomic E-state index is 12.0. The monoisotopic (exact) mass is 314 g/mol. The first-order chi connectivity index (χ1) is 11.2. The van der Waals surface area contributed by atoms with Crippen molar-refractivity contribution in [3.05, 3.63) is 35.4 Å². The van der Waals surface area contributed by atoms with E-state index < -0.39 is 0 Å². The molecule has 1 aliphatic rings. The first kappa shape index (κ1) is 18.2. The summed E-state index contributed by atoms with van der Waals surface area (Å²) in [7, 11) is 0. The maximum atomic E-state index is 12.0. The highest BCUT2D eigenvalue weighted by atomic mass is 16.1. The number of rotatable bonds is 9. The summed E-state index contributed by atoms with van der Waals surface area (Å²) in [6.07, 6.45) is 13.8. The van der Waals surface area contributed by atoms with Gasteiger partial charge in [-0.15, -0.1) is 0 Å². The zero-order chi connectivity index (χ0) is 16.5. The second-order valence-electron chi connectivity index (χ2n) is 7.44. The van der Waals surface area contributed by atoms with Gasteiger partial charge in [-0.05, 0) is 36.7 Å². The molecule has 0 atom stereocenters. The van der Waals surface area contributed by atoms with Crippen LogP contribution in [-0.2, 0) is 6.42 Å². The van der Waals surface area contributed by atoms with Gasteiger partial charge in [-0.25, -0.2) is 0 Å². The third-order valence-corrected chi connectivity index (χ3v) is 5.54. The smallest absolute Gasteiger partial charge is 0.162 e. The molecule has 0 N–H and O–H groups in total. The predicted octanol–water partition coefficient (Wildman–Crippen LogP) is 6.60. The Hall–Kier alpha value is -1.11. The lowest BCUT2D eigenvalue weighted by Gasteiger charge is -2.28. The molecule has 0 unspecified atom stereocenters. The summed E-state index contributed by atoms with van der Waals surface area (Å²) < 4.78 is 0. The van der Waals surface area contributed by atoms with Gasteiger partial charge < -0.3 is 0 Å². The average Bonchev–Trinajstić information content (AvgIpc) is 2.60. The Morgan fingerprint density at radius 3 is 2.09 bits per heavy atom. The number of hydrogen-bond acceptors (Lipinski definition) is 1. The van der Waals surface area contributed by atoms with Gasteiger partial charge in [0.25, 0.3) is 0 Å². The Labute approximate surface area is 142 Å². The molecule has 1 aliphatic carbocycles. The zero-order valence-electron chi connectivity index (χ0n) is 15.2. The van der Waals surface area contributed by atoms with Crippen molar-refractivity contribution in [3.8, 4) is 0 Å². The van der Waals surface area contributed by atoms with E-state index >= 15 is 0 Å². The average molecular weight is 315 g/mol. The van der Waals surface area contributed by atoms with Gasteiger partial charge in [0, 0.05) is 12.0 Å². The summed E-state index contributed by atoms with van der Waals surface area (Å²) >= 11 is 0. The Morgan fingerprint density at radius 2 is 1.52 bits per heavy atom.